The van der Waals surface area contributed by atoms with E-state index in [2.05, 4.69) is 17.4 Å². The summed E-state index contributed by atoms with van der Waals surface area (Å²) in [5.74, 6) is -1.46. The highest BCUT2D eigenvalue weighted by molar-refractivity contribution is 8.13. The molecule has 2 N–H and O–H groups in total. The quantitative estimate of drug-likeness (QED) is 0.483. The van der Waals surface area contributed by atoms with Crippen LogP contribution in [0.2, 0.25) is 0 Å². The summed E-state index contributed by atoms with van der Waals surface area (Å²) in [4.78, 5) is 35.9. The van der Waals surface area contributed by atoms with E-state index in [-0.39, 0.29) is 11.0 Å². The molecule has 0 saturated heterocycles. The standard InChI is InChI=1S/C24H29NO4S/c1-18(26)30-17-21(16-10-3-7-13-19-11-5-2-6-12-19)23(27)25-22(24(28)29)20-14-8-4-9-15-20/h2,4-6,8-9,11-12,14-15,21-22H,3,7,10,13,16-17H2,1H3,(H,25,27)(H,28,29)/t21-,22+/m0/s1. The molecule has 0 aromatic heterocycles. The molecule has 0 bridgehead atoms. The number of aliphatic carboxylic acids is 1. The van der Waals surface area contributed by atoms with Gasteiger partial charge in [0.1, 0.15) is 0 Å². The number of carboxylic acid groups (broad SMARTS) is 1. The minimum Gasteiger partial charge on any atom is -0.479 e. The van der Waals surface area contributed by atoms with Crippen LogP contribution in [-0.2, 0) is 20.8 Å². The van der Waals surface area contributed by atoms with Crippen LogP contribution in [0.4, 0.5) is 0 Å². The Bertz CT molecular complexity index is 810. The van der Waals surface area contributed by atoms with Crippen molar-refractivity contribution in [1.82, 2.24) is 5.32 Å². The van der Waals surface area contributed by atoms with Crippen LogP contribution in [0.5, 0.6) is 0 Å². The van der Waals surface area contributed by atoms with Gasteiger partial charge in [0.15, 0.2) is 11.2 Å². The molecule has 0 saturated carbocycles. The molecule has 0 unspecified atom stereocenters. The highest BCUT2D eigenvalue weighted by atomic mass is 32.2. The number of aryl methyl sites for hydroxylation is 1. The fourth-order valence-electron chi connectivity index (χ4n) is 3.24. The van der Waals surface area contributed by atoms with Gasteiger partial charge in [-0.25, -0.2) is 4.79 Å². The second-order valence-corrected chi connectivity index (χ2v) is 8.47. The van der Waals surface area contributed by atoms with Gasteiger partial charge in [0.2, 0.25) is 5.91 Å². The number of carbonyl (C=O) groups is 3. The van der Waals surface area contributed by atoms with Crippen molar-refractivity contribution in [1.29, 1.82) is 0 Å². The third kappa shape index (κ3) is 8.41. The topological polar surface area (TPSA) is 83.5 Å². The molecular weight excluding hydrogens is 398 g/mol. The fourth-order valence-corrected chi connectivity index (χ4v) is 4.00. The maximum atomic E-state index is 12.8. The van der Waals surface area contributed by atoms with E-state index >= 15 is 0 Å². The molecule has 0 fully saturated rings. The van der Waals surface area contributed by atoms with E-state index in [4.69, 9.17) is 0 Å². The van der Waals surface area contributed by atoms with Gasteiger partial charge in [-0.1, -0.05) is 85.3 Å². The minimum absolute atomic E-state index is 0.0466. The van der Waals surface area contributed by atoms with Crippen molar-refractivity contribution in [2.75, 3.05) is 5.75 Å². The lowest BCUT2D eigenvalue weighted by molar-refractivity contribution is -0.142. The smallest absolute Gasteiger partial charge is 0.330 e. The number of benzene rings is 2. The number of rotatable bonds is 12. The van der Waals surface area contributed by atoms with E-state index < -0.39 is 17.9 Å². The molecule has 2 aromatic carbocycles. The summed E-state index contributed by atoms with van der Waals surface area (Å²) in [6, 6.07) is 17.8. The molecule has 5 nitrogen and oxygen atoms in total. The maximum Gasteiger partial charge on any atom is 0.330 e. The Hall–Kier alpha value is -2.60. The largest absolute Gasteiger partial charge is 0.479 e. The molecule has 2 aromatic rings. The summed E-state index contributed by atoms with van der Waals surface area (Å²) in [7, 11) is 0. The van der Waals surface area contributed by atoms with E-state index in [1.54, 1.807) is 30.3 Å². The molecule has 0 aliphatic heterocycles. The van der Waals surface area contributed by atoms with Crippen LogP contribution in [0.1, 0.15) is 49.8 Å². The van der Waals surface area contributed by atoms with Crippen LogP contribution in [0, 0.1) is 5.92 Å². The van der Waals surface area contributed by atoms with Crippen molar-refractivity contribution in [3.8, 4) is 0 Å². The lowest BCUT2D eigenvalue weighted by Gasteiger charge is -2.20. The summed E-state index contributed by atoms with van der Waals surface area (Å²) in [6.45, 7) is 1.48. The van der Waals surface area contributed by atoms with Gasteiger partial charge in [-0.2, -0.15) is 0 Å². The van der Waals surface area contributed by atoms with Crippen LogP contribution in [-0.4, -0.2) is 27.9 Å². The van der Waals surface area contributed by atoms with Gasteiger partial charge < -0.3 is 10.4 Å². The molecule has 2 rings (SSSR count). The zero-order valence-corrected chi connectivity index (χ0v) is 18.1. The number of hydrogen-bond acceptors (Lipinski definition) is 4. The third-order valence-corrected chi connectivity index (χ3v) is 5.86. The van der Waals surface area contributed by atoms with Gasteiger partial charge in [-0.15, -0.1) is 0 Å². The first-order valence-corrected chi connectivity index (χ1v) is 11.2. The van der Waals surface area contributed by atoms with Crippen molar-refractivity contribution in [3.63, 3.8) is 0 Å². The lowest BCUT2D eigenvalue weighted by Crippen LogP contribution is -2.38. The zero-order chi connectivity index (χ0) is 21.8. The summed E-state index contributed by atoms with van der Waals surface area (Å²) in [5, 5.41) is 12.2. The molecule has 0 spiro atoms. The minimum atomic E-state index is -1.10. The van der Waals surface area contributed by atoms with E-state index in [9.17, 15) is 19.5 Å². The Labute approximate surface area is 182 Å². The normalized spacial score (nSPS) is 12.7. The molecule has 6 heteroatoms. The van der Waals surface area contributed by atoms with Crippen molar-refractivity contribution in [2.45, 2.75) is 45.1 Å². The molecule has 160 valence electrons. The average molecular weight is 428 g/mol. The number of unbranched alkanes of at least 4 members (excludes halogenated alkanes) is 2. The Morgan fingerprint density at radius 2 is 1.57 bits per heavy atom. The first kappa shape index (κ1) is 23.7. The van der Waals surface area contributed by atoms with Gasteiger partial charge in [0, 0.05) is 18.6 Å². The van der Waals surface area contributed by atoms with Crippen LogP contribution in [0.25, 0.3) is 0 Å². The van der Waals surface area contributed by atoms with Gasteiger partial charge in [-0.05, 0) is 30.4 Å². The van der Waals surface area contributed by atoms with Gasteiger partial charge in [0.25, 0.3) is 0 Å². The Morgan fingerprint density at radius 3 is 2.17 bits per heavy atom. The molecule has 0 aliphatic rings. The van der Waals surface area contributed by atoms with E-state index in [0.29, 0.717) is 17.7 Å². The molecule has 2 atom stereocenters. The van der Waals surface area contributed by atoms with Crippen LogP contribution in [0.15, 0.2) is 60.7 Å². The fraction of sp³-hybridized carbons (Fsp3) is 0.375. The Morgan fingerprint density at radius 1 is 0.933 bits per heavy atom. The van der Waals surface area contributed by atoms with Crippen LogP contribution < -0.4 is 5.32 Å². The summed E-state index contributed by atoms with van der Waals surface area (Å²) in [5.41, 5.74) is 1.82. The lowest BCUT2D eigenvalue weighted by atomic mass is 9.99. The van der Waals surface area contributed by atoms with Crippen LogP contribution in [0.3, 0.4) is 0 Å². The summed E-state index contributed by atoms with van der Waals surface area (Å²) >= 11 is 1.11. The second kappa shape index (κ2) is 12.9. The van der Waals surface area contributed by atoms with Gasteiger partial charge >= 0.3 is 5.97 Å². The Balaban J connectivity index is 1.90. The first-order valence-electron chi connectivity index (χ1n) is 10.2. The highest BCUT2D eigenvalue weighted by Gasteiger charge is 2.26. The van der Waals surface area contributed by atoms with E-state index in [1.807, 2.05) is 18.2 Å². The van der Waals surface area contributed by atoms with Gasteiger partial charge in [-0.3, -0.25) is 9.59 Å². The molecule has 0 radical (unpaired) electrons. The molecular formula is C24H29NO4S. The number of amides is 1. The molecule has 30 heavy (non-hydrogen) atoms. The third-order valence-electron chi connectivity index (χ3n) is 4.89. The van der Waals surface area contributed by atoms with Crippen molar-refractivity contribution in [2.24, 2.45) is 5.92 Å². The Kier molecular flexibility index (Phi) is 10.1. The number of carbonyl (C=O) groups excluding carboxylic acids is 2. The first-order chi connectivity index (χ1) is 14.5. The van der Waals surface area contributed by atoms with E-state index in [0.717, 1.165) is 37.4 Å². The number of hydrogen-bond donors (Lipinski definition) is 2. The number of nitrogens with one attached hydrogen (secondary N) is 1. The summed E-state index contributed by atoms with van der Waals surface area (Å²) < 4.78 is 0. The van der Waals surface area contributed by atoms with Crippen LogP contribution >= 0.6 is 11.8 Å². The van der Waals surface area contributed by atoms with Gasteiger partial charge in [0.05, 0.1) is 0 Å². The predicted octanol–water partition coefficient (Wildman–Crippen LogP) is 4.63. The SMILES string of the molecule is CC(=O)SC[C@H](CCCCCc1ccccc1)C(=O)N[C@@H](C(=O)O)c1ccccc1. The zero-order valence-electron chi connectivity index (χ0n) is 17.3. The molecule has 0 heterocycles. The monoisotopic (exact) mass is 427 g/mol. The second-order valence-electron chi connectivity index (χ2n) is 7.27. The van der Waals surface area contributed by atoms with Crippen molar-refractivity contribution < 1.29 is 19.5 Å². The molecule has 0 aliphatic carbocycles. The van der Waals surface area contributed by atoms with E-state index in [1.165, 1.54) is 12.5 Å². The van der Waals surface area contributed by atoms with Crippen molar-refractivity contribution in [3.05, 3.63) is 71.8 Å². The number of thioether (sulfide) groups is 1. The number of carboxylic acids is 1. The van der Waals surface area contributed by atoms with Crippen molar-refractivity contribution >= 4 is 28.8 Å². The average Bonchev–Trinajstić information content (AvgIpc) is 2.74. The molecule has 1 amide bonds. The highest BCUT2D eigenvalue weighted by Crippen LogP contribution is 2.20. The maximum absolute atomic E-state index is 12.8. The summed E-state index contributed by atoms with van der Waals surface area (Å²) in [6.07, 6.45) is 4.48. The predicted molar refractivity (Wildman–Crippen MR) is 120 cm³/mol.